The molecule has 8 nitrogen and oxygen atoms in total. The van der Waals surface area contributed by atoms with Crippen molar-refractivity contribution in [1.82, 2.24) is 10.2 Å². The van der Waals surface area contributed by atoms with Gasteiger partial charge < -0.3 is 15.0 Å². The molecule has 0 heterocycles. The third-order valence-corrected chi connectivity index (χ3v) is 9.35. The molecule has 0 aliphatic heterocycles. The van der Waals surface area contributed by atoms with Crippen molar-refractivity contribution in [2.75, 3.05) is 25.0 Å². The van der Waals surface area contributed by atoms with E-state index in [0.717, 1.165) is 25.5 Å². The highest BCUT2D eigenvalue weighted by atomic mass is 79.9. The number of anilines is 1. The molecule has 4 aromatic carbocycles. The number of rotatable bonds is 12. The Morgan fingerprint density at radius 3 is 2.07 bits per heavy atom. The van der Waals surface area contributed by atoms with E-state index in [1.165, 1.54) is 31.2 Å². The number of carbonyl (C=O) groups excluding carboxylic acids is 2. The number of sulfonamides is 1. The molecule has 1 N–H and O–H groups in total. The van der Waals surface area contributed by atoms with Crippen molar-refractivity contribution < 1.29 is 22.7 Å². The van der Waals surface area contributed by atoms with E-state index in [4.69, 9.17) is 4.74 Å². The zero-order valence-electron chi connectivity index (χ0n) is 24.2. The minimum atomic E-state index is -4.17. The summed E-state index contributed by atoms with van der Waals surface area (Å²) in [6, 6.07) is 28.9. The number of ether oxygens (including phenoxy) is 1. The molecule has 4 rings (SSSR count). The van der Waals surface area contributed by atoms with Gasteiger partial charge >= 0.3 is 0 Å². The number of nitrogens with one attached hydrogen (secondary N) is 1. The molecule has 0 fully saturated rings. The van der Waals surface area contributed by atoms with Gasteiger partial charge in [0.1, 0.15) is 18.3 Å². The van der Waals surface area contributed by atoms with Crippen molar-refractivity contribution >= 4 is 43.5 Å². The van der Waals surface area contributed by atoms with Crippen molar-refractivity contribution in [2.45, 2.75) is 30.8 Å². The molecule has 1 atom stereocenters. The maximum Gasteiger partial charge on any atom is 0.264 e. The van der Waals surface area contributed by atoms with E-state index < -0.39 is 28.5 Å². The average molecular weight is 665 g/mol. The van der Waals surface area contributed by atoms with Gasteiger partial charge in [0, 0.05) is 24.5 Å². The van der Waals surface area contributed by atoms with Crippen LogP contribution in [0.4, 0.5) is 5.69 Å². The molecule has 0 saturated carbocycles. The summed E-state index contributed by atoms with van der Waals surface area (Å²) < 4.78 is 35.3. The number of amides is 2. The summed E-state index contributed by atoms with van der Waals surface area (Å²) in [5, 5.41) is 2.69. The molecule has 43 heavy (non-hydrogen) atoms. The minimum absolute atomic E-state index is 0.0494. The first-order valence-electron chi connectivity index (χ1n) is 13.6. The second-order valence-electron chi connectivity index (χ2n) is 9.99. The van der Waals surface area contributed by atoms with Crippen LogP contribution in [0.1, 0.15) is 16.7 Å². The van der Waals surface area contributed by atoms with Crippen LogP contribution < -0.4 is 14.4 Å². The van der Waals surface area contributed by atoms with Crippen LogP contribution in [0, 0.1) is 6.92 Å². The zero-order valence-corrected chi connectivity index (χ0v) is 26.6. The van der Waals surface area contributed by atoms with Gasteiger partial charge in [0.2, 0.25) is 11.8 Å². The average Bonchev–Trinajstić information content (AvgIpc) is 3.02. The molecule has 0 aliphatic rings. The van der Waals surface area contributed by atoms with Crippen LogP contribution in [0.15, 0.2) is 112 Å². The Bertz CT molecular complexity index is 1630. The fourth-order valence-corrected chi connectivity index (χ4v) is 6.30. The lowest BCUT2D eigenvalue weighted by Crippen LogP contribution is -2.53. The monoisotopic (exact) mass is 663 g/mol. The lowest BCUT2D eigenvalue weighted by molar-refractivity contribution is -0.139. The van der Waals surface area contributed by atoms with Gasteiger partial charge in [0.05, 0.1) is 17.7 Å². The number of hydrogen-bond donors (Lipinski definition) is 1. The molecule has 2 amide bonds. The highest BCUT2D eigenvalue weighted by molar-refractivity contribution is 9.10. The van der Waals surface area contributed by atoms with Gasteiger partial charge in [-0.1, -0.05) is 76.1 Å². The molecule has 10 heteroatoms. The minimum Gasteiger partial charge on any atom is -0.497 e. The highest BCUT2D eigenvalue weighted by Crippen LogP contribution is 2.27. The number of aryl methyl sites for hydroxylation is 1. The molecular formula is C33H34BrN3O5S. The van der Waals surface area contributed by atoms with Crippen LogP contribution in [-0.4, -0.2) is 51.9 Å². The van der Waals surface area contributed by atoms with Crippen molar-refractivity contribution in [3.05, 3.63) is 124 Å². The SMILES string of the molecule is CNC(=O)[C@H](Cc1ccccc1)N(Cc1ccc(Br)cc1)C(=O)CN(c1ccc(OC)cc1)S(=O)(=O)c1ccc(C)cc1. The summed E-state index contributed by atoms with van der Waals surface area (Å²) in [6.45, 7) is 1.44. The molecule has 0 spiro atoms. The number of hydrogen-bond acceptors (Lipinski definition) is 5. The van der Waals surface area contributed by atoms with Crippen LogP contribution >= 0.6 is 15.9 Å². The normalized spacial score (nSPS) is 11.8. The first-order chi connectivity index (χ1) is 20.6. The number of likely N-dealkylation sites (N-methyl/N-ethyl adjacent to an activating group) is 1. The van der Waals surface area contributed by atoms with E-state index in [0.29, 0.717) is 5.75 Å². The first kappa shape index (κ1) is 31.8. The summed E-state index contributed by atoms with van der Waals surface area (Å²) >= 11 is 3.44. The van der Waals surface area contributed by atoms with Gasteiger partial charge in [-0.25, -0.2) is 8.42 Å². The molecular weight excluding hydrogens is 630 g/mol. The van der Waals surface area contributed by atoms with Gasteiger partial charge in [-0.05, 0) is 66.6 Å². The van der Waals surface area contributed by atoms with Crippen molar-refractivity contribution in [3.63, 3.8) is 0 Å². The maximum absolute atomic E-state index is 14.3. The number of methoxy groups -OCH3 is 1. The number of carbonyl (C=O) groups is 2. The quantitative estimate of drug-likeness (QED) is 0.221. The van der Waals surface area contributed by atoms with E-state index in [1.54, 1.807) is 36.4 Å². The number of benzene rings is 4. The van der Waals surface area contributed by atoms with Crippen molar-refractivity contribution in [3.8, 4) is 5.75 Å². The third-order valence-electron chi connectivity index (χ3n) is 7.03. The summed E-state index contributed by atoms with van der Waals surface area (Å²) in [4.78, 5) is 29.1. The van der Waals surface area contributed by atoms with Gasteiger partial charge in [-0.15, -0.1) is 0 Å². The summed E-state index contributed by atoms with van der Waals surface area (Å²) in [6.07, 6.45) is 0.246. The smallest absolute Gasteiger partial charge is 0.264 e. The highest BCUT2D eigenvalue weighted by Gasteiger charge is 2.34. The summed E-state index contributed by atoms with van der Waals surface area (Å²) in [7, 11) is -1.13. The number of halogens is 1. The Morgan fingerprint density at radius 2 is 1.49 bits per heavy atom. The number of nitrogens with zero attached hydrogens (tertiary/aromatic N) is 2. The second kappa shape index (κ2) is 14.3. The van der Waals surface area contributed by atoms with Crippen LogP contribution in [0.25, 0.3) is 0 Å². The molecule has 0 unspecified atom stereocenters. The van der Waals surface area contributed by atoms with Crippen molar-refractivity contribution in [2.24, 2.45) is 0 Å². The lowest BCUT2D eigenvalue weighted by Gasteiger charge is -2.33. The van der Waals surface area contributed by atoms with E-state index in [9.17, 15) is 18.0 Å². The standard InChI is InChI=1S/C33H34BrN3O5S/c1-24-9-19-30(20-10-24)43(40,41)37(28-15-17-29(42-3)18-16-28)23-32(38)36(22-26-11-13-27(34)14-12-26)31(33(39)35-2)21-25-7-5-4-6-8-25/h4-20,31H,21-23H2,1-3H3,(H,35,39)/t31-/m0/s1. The van der Waals surface area contributed by atoms with Gasteiger partial charge in [0.15, 0.2) is 0 Å². The Labute approximate surface area is 261 Å². The molecule has 0 bridgehead atoms. The third kappa shape index (κ3) is 8.03. The largest absolute Gasteiger partial charge is 0.497 e. The van der Waals surface area contributed by atoms with E-state index in [-0.39, 0.29) is 29.5 Å². The van der Waals surface area contributed by atoms with Crippen LogP contribution in [0.2, 0.25) is 0 Å². The van der Waals surface area contributed by atoms with Gasteiger partial charge in [-0.3, -0.25) is 13.9 Å². The van der Waals surface area contributed by atoms with E-state index in [1.807, 2.05) is 61.5 Å². The topological polar surface area (TPSA) is 96.0 Å². The molecule has 0 saturated heterocycles. The molecule has 0 radical (unpaired) electrons. The molecule has 4 aromatic rings. The predicted molar refractivity (Wildman–Crippen MR) is 171 cm³/mol. The first-order valence-corrected chi connectivity index (χ1v) is 15.9. The van der Waals surface area contributed by atoms with Crippen LogP contribution in [0.3, 0.4) is 0 Å². The molecule has 0 aliphatic carbocycles. The predicted octanol–water partition coefficient (Wildman–Crippen LogP) is 5.35. The molecule has 0 aromatic heterocycles. The Kier molecular flexibility index (Phi) is 10.6. The zero-order chi connectivity index (χ0) is 31.0. The van der Waals surface area contributed by atoms with Gasteiger partial charge in [0.25, 0.3) is 10.0 Å². The van der Waals surface area contributed by atoms with E-state index in [2.05, 4.69) is 21.2 Å². The Balaban J connectivity index is 1.78. The summed E-state index contributed by atoms with van der Waals surface area (Å²) in [5.41, 5.74) is 2.85. The Morgan fingerprint density at radius 1 is 0.860 bits per heavy atom. The van der Waals surface area contributed by atoms with Crippen molar-refractivity contribution in [1.29, 1.82) is 0 Å². The second-order valence-corrected chi connectivity index (χ2v) is 12.8. The Hall–Kier alpha value is -4.15. The van der Waals surface area contributed by atoms with Crippen LogP contribution in [-0.2, 0) is 32.6 Å². The molecule has 224 valence electrons. The lowest BCUT2D eigenvalue weighted by atomic mass is 10.0. The van der Waals surface area contributed by atoms with Gasteiger partial charge in [-0.2, -0.15) is 0 Å². The maximum atomic E-state index is 14.3. The fraction of sp³-hybridized carbons (Fsp3) is 0.212. The summed E-state index contributed by atoms with van der Waals surface area (Å²) in [5.74, 6) is -0.340. The van der Waals surface area contributed by atoms with E-state index >= 15 is 0 Å². The fourth-order valence-electron chi connectivity index (χ4n) is 4.62. The van der Waals surface area contributed by atoms with Crippen LogP contribution in [0.5, 0.6) is 5.75 Å².